The summed E-state index contributed by atoms with van der Waals surface area (Å²) in [6.07, 6.45) is 3.55. The smallest absolute Gasteiger partial charge is 0.228 e. The average molecular weight is 438 g/mol. The molecule has 0 spiro atoms. The Bertz CT molecular complexity index is 1310. The summed E-state index contributed by atoms with van der Waals surface area (Å²) >= 11 is 0. The molecule has 0 bridgehead atoms. The molecule has 1 amide bonds. The molecule has 2 atom stereocenters. The van der Waals surface area contributed by atoms with Crippen LogP contribution in [-0.2, 0) is 4.79 Å². The monoisotopic (exact) mass is 437 g/mol. The van der Waals surface area contributed by atoms with E-state index in [1.807, 2.05) is 42.5 Å². The van der Waals surface area contributed by atoms with E-state index in [-0.39, 0.29) is 17.7 Å². The van der Waals surface area contributed by atoms with Gasteiger partial charge in [-0.3, -0.25) is 4.79 Å². The van der Waals surface area contributed by atoms with Crippen molar-refractivity contribution in [2.24, 2.45) is 11.8 Å². The summed E-state index contributed by atoms with van der Waals surface area (Å²) in [6.45, 7) is 8.12. The Morgan fingerprint density at radius 1 is 0.879 bits per heavy atom. The largest absolute Gasteiger partial charge is 0.496 e. The Morgan fingerprint density at radius 3 is 2.06 bits per heavy atom. The van der Waals surface area contributed by atoms with Gasteiger partial charge in [-0.2, -0.15) is 0 Å². The first-order valence-electron chi connectivity index (χ1n) is 11.6. The van der Waals surface area contributed by atoms with Gasteiger partial charge in [-0.25, -0.2) is 0 Å². The second-order valence-electron chi connectivity index (χ2n) is 8.39. The lowest BCUT2D eigenvalue weighted by Gasteiger charge is -2.23. The SMILES string of the molecule is C=C[C@H](CC)[C@H](CC)C(=O)Nc1ccc2ccccc2c1-c1c(OC)ccc2ccccc12. The van der Waals surface area contributed by atoms with Crippen molar-refractivity contribution in [2.45, 2.75) is 26.7 Å². The average Bonchev–Trinajstić information content (AvgIpc) is 2.86. The van der Waals surface area contributed by atoms with Crippen LogP contribution >= 0.6 is 0 Å². The number of hydrogen-bond donors (Lipinski definition) is 1. The number of rotatable bonds is 8. The van der Waals surface area contributed by atoms with E-state index in [4.69, 9.17) is 4.74 Å². The first-order valence-corrected chi connectivity index (χ1v) is 11.6. The van der Waals surface area contributed by atoms with E-state index in [2.05, 4.69) is 62.1 Å². The molecule has 1 N–H and O–H groups in total. The number of allylic oxidation sites excluding steroid dienone is 1. The van der Waals surface area contributed by atoms with Crippen LogP contribution in [0.4, 0.5) is 5.69 Å². The Balaban J connectivity index is 1.96. The van der Waals surface area contributed by atoms with Crippen molar-refractivity contribution in [1.82, 2.24) is 0 Å². The van der Waals surface area contributed by atoms with Crippen molar-refractivity contribution in [3.8, 4) is 16.9 Å². The number of carbonyl (C=O) groups is 1. The van der Waals surface area contributed by atoms with Crippen LogP contribution in [0.3, 0.4) is 0 Å². The molecule has 0 saturated heterocycles. The lowest BCUT2D eigenvalue weighted by molar-refractivity contribution is -0.121. The fraction of sp³-hybridized carbons (Fsp3) is 0.233. The fourth-order valence-electron chi connectivity index (χ4n) is 4.85. The van der Waals surface area contributed by atoms with Crippen LogP contribution in [0.15, 0.2) is 85.5 Å². The van der Waals surface area contributed by atoms with Crippen molar-refractivity contribution in [2.75, 3.05) is 12.4 Å². The normalized spacial score (nSPS) is 12.9. The summed E-state index contributed by atoms with van der Waals surface area (Å²) in [4.78, 5) is 13.5. The van der Waals surface area contributed by atoms with Crippen LogP contribution in [0.2, 0.25) is 0 Å². The van der Waals surface area contributed by atoms with Crippen molar-refractivity contribution >= 4 is 33.1 Å². The van der Waals surface area contributed by atoms with Gasteiger partial charge >= 0.3 is 0 Å². The zero-order valence-electron chi connectivity index (χ0n) is 19.6. The van der Waals surface area contributed by atoms with Gasteiger partial charge in [0.05, 0.1) is 7.11 Å². The van der Waals surface area contributed by atoms with E-state index >= 15 is 0 Å². The molecule has 0 saturated carbocycles. The molecule has 4 aromatic carbocycles. The number of carbonyl (C=O) groups excluding carboxylic acids is 1. The molecule has 0 aliphatic carbocycles. The fourth-order valence-corrected chi connectivity index (χ4v) is 4.85. The molecular formula is C30H31NO2. The highest BCUT2D eigenvalue weighted by molar-refractivity contribution is 6.13. The van der Waals surface area contributed by atoms with E-state index in [0.29, 0.717) is 0 Å². The quantitative estimate of drug-likeness (QED) is 0.285. The lowest BCUT2D eigenvalue weighted by atomic mass is 9.86. The molecular weight excluding hydrogens is 406 g/mol. The highest BCUT2D eigenvalue weighted by Gasteiger charge is 2.25. The molecule has 4 aromatic rings. The predicted molar refractivity (Wildman–Crippen MR) is 140 cm³/mol. The topological polar surface area (TPSA) is 38.3 Å². The van der Waals surface area contributed by atoms with Crippen molar-refractivity contribution in [3.05, 3.63) is 85.5 Å². The zero-order chi connectivity index (χ0) is 23.4. The number of anilines is 1. The van der Waals surface area contributed by atoms with Gasteiger partial charge in [-0.15, -0.1) is 6.58 Å². The Labute approximate surface area is 196 Å². The molecule has 3 nitrogen and oxygen atoms in total. The molecule has 4 rings (SSSR count). The van der Waals surface area contributed by atoms with Gasteiger partial charge in [0.2, 0.25) is 5.91 Å². The van der Waals surface area contributed by atoms with E-state index < -0.39 is 0 Å². The summed E-state index contributed by atoms with van der Waals surface area (Å²) in [5, 5.41) is 7.69. The van der Waals surface area contributed by atoms with Gasteiger partial charge in [0.1, 0.15) is 5.75 Å². The van der Waals surface area contributed by atoms with E-state index in [1.165, 1.54) is 0 Å². The summed E-state index contributed by atoms with van der Waals surface area (Å²) in [7, 11) is 1.69. The van der Waals surface area contributed by atoms with Crippen LogP contribution in [-0.4, -0.2) is 13.0 Å². The Morgan fingerprint density at radius 2 is 1.48 bits per heavy atom. The third-order valence-corrected chi connectivity index (χ3v) is 6.62. The van der Waals surface area contributed by atoms with E-state index in [0.717, 1.165) is 57.0 Å². The number of amides is 1. The maximum atomic E-state index is 13.5. The summed E-state index contributed by atoms with van der Waals surface area (Å²) in [5.74, 6) is 0.831. The Kier molecular flexibility index (Phi) is 6.79. The lowest BCUT2D eigenvalue weighted by Crippen LogP contribution is -2.28. The number of nitrogens with one attached hydrogen (secondary N) is 1. The number of ether oxygens (including phenoxy) is 1. The van der Waals surface area contributed by atoms with Gasteiger partial charge in [0, 0.05) is 22.7 Å². The van der Waals surface area contributed by atoms with Crippen LogP contribution in [0, 0.1) is 11.8 Å². The summed E-state index contributed by atoms with van der Waals surface area (Å²) in [5.41, 5.74) is 2.77. The van der Waals surface area contributed by atoms with E-state index in [1.54, 1.807) is 7.11 Å². The number of benzene rings is 4. The highest BCUT2D eigenvalue weighted by atomic mass is 16.5. The minimum atomic E-state index is -0.124. The standard InChI is InChI=1S/C30H31NO2/c1-5-20(6-2)23(7-3)30(32)31-26-18-16-21-12-8-10-14-24(21)28(26)29-25-15-11-9-13-22(25)17-19-27(29)33-4/h5,8-20,23H,1,6-7H2,2-4H3,(H,31,32)/t20-,23+/m1/s1. The van der Waals surface area contributed by atoms with Crippen molar-refractivity contribution < 1.29 is 9.53 Å². The Hall–Kier alpha value is -3.59. The first kappa shape index (κ1) is 22.6. The van der Waals surface area contributed by atoms with Crippen molar-refractivity contribution in [1.29, 1.82) is 0 Å². The molecule has 3 heteroatoms. The number of methoxy groups -OCH3 is 1. The van der Waals surface area contributed by atoms with Crippen LogP contribution in [0.25, 0.3) is 32.7 Å². The minimum Gasteiger partial charge on any atom is -0.496 e. The van der Waals surface area contributed by atoms with Gasteiger partial charge in [-0.05, 0) is 52.4 Å². The molecule has 0 unspecified atom stereocenters. The molecule has 0 aromatic heterocycles. The number of fused-ring (bicyclic) bond motifs is 2. The van der Waals surface area contributed by atoms with Crippen molar-refractivity contribution in [3.63, 3.8) is 0 Å². The second kappa shape index (κ2) is 9.91. The molecule has 0 radical (unpaired) electrons. The van der Waals surface area contributed by atoms with E-state index in [9.17, 15) is 4.79 Å². The zero-order valence-corrected chi connectivity index (χ0v) is 19.6. The predicted octanol–water partition coefficient (Wildman–Crippen LogP) is 7.85. The molecule has 0 fully saturated rings. The summed E-state index contributed by atoms with van der Waals surface area (Å²) < 4.78 is 5.83. The number of hydrogen-bond acceptors (Lipinski definition) is 2. The molecule has 168 valence electrons. The minimum absolute atomic E-state index is 0.0278. The third kappa shape index (κ3) is 4.23. The maximum Gasteiger partial charge on any atom is 0.228 e. The van der Waals surface area contributed by atoms with Gasteiger partial charge < -0.3 is 10.1 Å². The van der Waals surface area contributed by atoms with Gasteiger partial charge in [-0.1, -0.05) is 80.6 Å². The van der Waals surface area contributed by atoms with Crippen LogP contribution < -0.4 is 10.1 Å². The van der Waals surface area contributed by atoms with Crippen LogP contribution in [0.5, 0.6) is 5.75 Å². The molecule has 0 aliphatic rings. The van der Waals surface area contributed by atoms with Gasteiger partial charge in [0.25, 0.3) is 0 Å². The maximum absolute atomic E-state index is 13.5. The first-order chi connectivity index (χ1) is 16.1. The van der Waals surface area contributed by atoms with Gasteiger partial charge in [0.15, 0.2) is 0 Å². The molecule has 0 heterocycles. The molecule has 33 heavy (non-hydrogen) atoms. The summed E-state index contributed by atoms with van der Waals surface area (Å²) in [6, 6.07) is 24.7. The second-order valence-corrected chi connectivity index (χ2v) is 8.39. The van der Waals surface area contributed by atoms with Crippen LogP contribution in [0.1, 0.15) is 26.7 Å². The third-order valence-electron chi connectivity index (χ3n) is 6.62. The highest BCUT2D eigenvalue weighted by Crippen LogP contribution is 2.44. The molecule has 0 aliphatic heterocycles.